The average molecular weight is 442 g/mol. The Bertz CT molecular complexity index is 1260. The van der Waals surface area contributed by atoms with Crippen LogP contribution in [0.2, 0.25) is 5.02 Å². The number of aromatic nitrogens is 4. The van der Waals surface area contributed by atoms with E-state index in [0.29, 0.717) is 28.2 Å². The van der Waals surface area contributed by atoms with Crippen LogP contribution in [0.1, 0.15) is 5.82 Å². The van der Waals surface area contributed by atoms with E-state index in [1.54, 1.807) is 53.4 Å². The van der Waals surface area contributed by atoms with Crippen LogP contribution < -0.4 is 9.46 Å². The molecule has 0 bridgehead atoms. The van der Waals surface area contributed by atoms with Crippen LogP contribution in [0.4, 0.5) is 5.69 Å². The lowest BCUT2D eigenvalue weighted by atomic mass is 10.3. The first-order chi connectivity index (χ1) is 14.4. The molecule has 2 aromatic heterocycles. The number of halogens is 1. The molecule has 0 aliphatic carbocycles. The number of hydrogen-bond donors (Lipinski definition) is 1. The summed E-state index contributed by atoms with van der Waals surface area (Å²) in [5, 5.41) is 8.65. The molecule has 152 valence electrons. The Kier molecular flexibility index (Phi) is 5.39. The topological polar surface area (TPSA) is 99.0 Å². The average Bonchev–Trinajstić information content (AvgIpc) is 3.16. The van der Waals surface area contributed by atoms with Gasteiger partial charge in [-0.15, -0.1) is 10.2 Å². The van der Waals surface area contributed by atoms with Gasteiger partial charge in [0.15, 0.2) is 5.82 Å². The minimum Gasteiger partial charge on any atom is -0.438 e. The fraction of sp³-hybridized carbons (Fsp3) is 0.0500. The van der Waals surface area contributed by atoms with E-state index >= 15 is 0 Å². The summed E-state index contributed by atoms with van der Waals surface area (Å²) in [7, 11) is -3.71. The monoisotopic (exact) mass is 441 g/mol. The highest BCUT2D eigenvalue weighted by atomic mass is 35.5. The minimum atomic E-state index is -3.71. The third-order valence-corrected chi connectivity index (χ3v) is 5.80. The van der Waals surface area contributed by atoms with Gasteiger partial charge in [-0.25, -0.2) is 13.4 Å². The lowest BCUT2D eigenvalue weighted by molar-refractivity contribution is 0.454. The van der Waals surface area contributed by atoms with Crippen molar-refractivity contribution < 1.29 is 13.2 Å². The quantitative estimate of drug-likeness (QED) is 0.481. The lowest BCUT2D eigenvalue weighted by Gasteiger charge is -2.10. The predicted octanol–water partition coefficient (Wildman–Crippen LogP) is 4.22. The number of sulfonamides is 1. The van der Waals surface area contributed by atoms with E-state index in [9.17, 15) is 8.42 Å². The van der Waals surface area contributed by atoms with Crippen LogP contribution in [0.5, 0.6) is 11.6 Å². The van der Waals surface area contributed by atoms with E-state index in [0.717, 1.165) is 5.82 Å². The van der Waals surface area contributed by atoms with E-state index in [1.807, 2.05) is 6.92 Å². The minimum absolute atomic E-state index is 0.121. The molecule has 30 heavy (non-hydrogen) atoms. The van der Waals surface area contributed by atoms with E-state index in [1.165, 1.54) is 24.3 Å². The van der Waals surface area contributed by atoms with Crippen LogP contribution in [0.25, 0.3) is 5.82 Å². The van der Waals surface area contributed by atoms with Gasteiger partial charge in [0.2, 0.25) is 5.88 Å². The number of rotatable bonds is 6. The number of nitrogens with zero attached hydrogens (tertiary/aromatic N) is 4. The molecule has 10 heteroatoms. The second kappa shape index (κ2) is 8.13. The molecule has 0 saturated heterocycles. The zero-order valence-corrected chi connectivity index (χ0v) is 17.3. The first-order valence-electron chi connectivity index (χ1n) is 8.81. The SMILES string of the molecule is Cc1nccn1-c1ccc(Oc2ccc(NS(=O)(=O)c3ccc(Cl)cc3)cc2)nn1. The number of anilines is 1. The Morgan fingerprint density at radius 3 is 2.30 bits per heavy atom. The first-order valence-corrected chi connectivity index (χ1v) is 10.7. The number of imidazole rings is 1. The maximum absolute atomic E-state index is 12.4. The summed E-state index contributed by atoms with van der Waals surface area (Å²) in [6.45, 7) is 1.87. The van der Waals surface area contributed by atoms with Gasteiger partial charge in [0.1, 0.15) is 11.6 Å². The third-order valence-electron chi connectivity index (χ3n) is 4.15. The largest absolute Gasteiger partial charge is 0.438 e. The van der Waals surface area contributed by atoms with E-state index in [2.05, 4.69) is 19.9 Å². The Hall–Kier alpha value is -3.43. The lowest BCUT2D eigenvalue weighted by Crippen LogP contribution is -2.12. The maximum Gasteiger partial charge on any atom is 0.261 e. The molecular weight excluding hydrogens is 426 g/mol. The summed E-state index contributed by atoms with van der Waals surface area (Å²) < 4.78 is 34.9. The molecule has 4 rings (SSSR count). The van der Waals surface area contributed by atoms with Gasteiger partial charge >= 0.3 is 0 Å². The summed E-state index contributed by atoms with van der Waals surface area (Å²) >= 11 is 5.80. The van der Waals surface area contributed by atoms with Crippen molar-refractivity contribution in [3.8, 4) is 17.4 Å². The number of hydrogen-bond acceptors (Lipinski definition) is 6. The van der Waals surface area contributed by atoms with Gasteiger partial charge in [-0.05, 0) is 61.5 Å². The Balaban J connectivity index is 1.43. The molecule has 4 aromatic rings. The molecule has 1 N–H and O–H groups in total. The molecule has 0 spiro atoms. The predicted molar refractivity (Wildman–Crippen MR) is 113 cm³/mol. The van der Waals surface area contributed by atoms with Gasteiger partial charge in [-0.3, -0.25) is 9.29 Å². The summed E-state index contributed by atoms with van der Waals surface area (Å²) in [5.41, 5.74) is 0.398. The molecule has 2 heterocycles. The van der Waals surface area contributed by atoms with Gasteiger partial charge in [-0.1, -0.05) is 11.6 Å². The Morgan fingerprint density at radius 2 is 1.70 bits per heavy atom. The molecule has 0 radical (unpaired) electrons. The number of benzene rings is 2. The summed E-state index contributed by atoms with van der Waals surface area (Å²) in [6.07, 6.45) is 3.48. The molecule has 0 atom stereocenters. The van der Waals surface area contributed by atoms with Crippen LogP contribution in [0, 0.1) is 6.92 Å². The van der Waals surface area contributed by atoms with E-state index in [4.69, 9.17) is 16.3 Å². The van der Waals surface area contributed by atoms with Crippen molar-refractivity contribution in [1.82, 2.24) is 19.7 Å². The zero-order valence-electron chi connectivity index (χ0n) is 15.7. The Labute approximate surface area is 178 Å². The van der Waals surface area contributed by atoms with Crippen molar-refractivity contribution >= 4 is 27.3 Å². The Morgan fingerprint density at radius 1 is 0.967 bits per heavy atom. The number of nitrogens with one attached hydrogen (secondary N) is 1. The zero-order chi connectivity index (χ0) is 21.1. The van der Waals surface area contributed by atoms with Crippen molar-refractivity contribution in [1.29, 1.82) is 0 Å². The van der Waals surface area contributed by atoms with Gasteiger partial charge in [0.25, 0.3) is 10.0 Å². The fourth-order valence-electron chi connectivity index (χ4n) is 2.66. The highest BCUT2D eigenvalue weighted by molar-refractivity contribution is 7.92. The van der Waals surface area contributed by atoms with E-state index in [-0.39, 0.29) is 4.90 Å². The highest BCUT2D eigenvalue weighted by Gasteiger charge is 2.14. The van der Waals surface area contributed by atoms with Crippen molar-refractivity contribution in [2.45, 2.75) is 11.8 Å². The van der Waals surface area contributed by atoms with Gasteiger partial charge in [0.05, 0.1) is 4.90 Å². The number of aryl methyl sites for hydroxylation is 1. The number of ether oxygens (including phenoxy) is 1. The van der Waals surface area contributed by atoms with Gasteiger partial charge in [-0.2, -0.15) is 0 Å². The summed E-state index contributed by atoms with van der Waals surface area (Å²) in [5.74, 6) is 2.23. The van der Waals surface area contributed by atoms with Crippen molar-refractivity contribution in [3.05, 3.63) is 83.9 Å². The normalized spacial score (nSPS) is 11.3. The van der Waals surface area contributed by atoms with Crippen molar-refractivity contribution in [2.24, 2.45) is 0 Å². The summed E-state index contributed by atoms with van der Waals surface area (Å²) in [4.78, 5) is 4.27. The highest BCUT2D eigenvalue weighted by Crippen LogP contribution is 2.23. The molecular formula is C20H16ClN5O3S. The second-order valence-electron chi connectivity index (χ2n) is 6.26. The van der Waals surface area contributed by atoms with Crippen LogP contribution in [0.3, 0.4) is 0 Å². The fourth-order valence-corrected chi connectivity index (χ4v) is 3.84. The summed E-state index contributed by atoms with van der Waals surface area (Å²) in [6, 6.07) is 15.8. The molecule has 0 fully saturated rings. The molecule has 0 aliphatic heterocycles. The van der Waals surface area contributed by atoms with Crippen LogP contribution in [-0.4, -0.2) is 28.2 Å². The van der Waals surface area contributed by atoms with Gasteiger partial charge in [0, 0.05) is 29.2 Å². The maximum atomic E-state index is 12.4. The molecule has 0 saturated carbocycles. The first kappa shape index (κ1) is 19.9. The molecule has 0 aliphatic rings. The third kappa shape index (κ3) is 4.42. The van der Waals surface area contributed by atoms with Crippen molar-refractivity contribution in [3.63, 3.8) is 0 Å². The molecule has 2 aromatic carbocycles. The standard InChI is InChI=1S/C20H16ClN5O3S/c1-14-22-12-13-26(14)19-10-11-20(24-23-19)29-17-6-4-16(5-7-17)25-30(27,28)18-8-2-15(21)3-9-18/h2-13,25H,1H3. The van der Waals surface area contributed by atoms with Crippen LogP contribution >= 0.6 is 11.6 Å². The molecule has 0 amide bonds. The smallest absolute Gasteiger partial charge is 0.261 e. The van der Waals surface area contributed by atoms with E-state index < -0.39 is 10.0 Å². The second-order valence-corrected chi connectivity index (χ2v) is 8.38. The molecule has 0 unspecified atom stereocenters. The molecule has 8 nitrogen and oxygen atoms in total. The van der Waals surface area contributed by atoms with Crippen molar-refractivity contribution in [2.75, 3.05) is 4.72 Å². The van der Waals surface area contributed by atoms with Crippen LogP contribution in [0.15, 0.2) is 78.0 Å². The van der Waals surface area contributed by atoms with Crippen LogP contribution in [-0.2, 0) is 10.0 Å². The van der Waals surface area contributed by atoms with Gasteiger partial charge < -0.3 is 4.74 Å².